The predicted molar refractivity (Wildman–Crippen MR) is 67.1 cm³/mol. The summed E-state index contributed by atoms with van der Waals surface area (Å²) < 4.78 is 0. The molecule has 1 aliphatic rings. The van der Waals surface area contributed by atoms with Crippen molar-refractivity contribution in [1.29, 1.82) is 0 Å². The maximum Gasteiger partial charge on any atom is 0.00678 e. The summed E-state index contributed by atoms with van der Waals surface area (Å²) in [6.45, 7) is 3.53. The van der Waals surface area contributed by atoms with Crippen molar-refractivity contribution in [2.45, 2.75) is 57.9 Å². The smallest absolute Gasteiger partial charge is 0.00678 e. The molecule has 1 saturated heterocycles. The molecule has 1 nitrogen and oxygen atoms in total. The molecule has 0 aliphatic carbocycles. The van der Waals surface area contributed by atoms with Crippen LogP contribution in [0.4, 0.5) is 0 Å². The summed E-state index contributed by atoms with van der Waals surface area (Å²) in [5, 5.41) is 3.56. The second-order valence-electron chi connectivity index (χ2n) is 4.25. The Balaban J connectivity index is 1.75. The summed E-state index contributed by atoms with van der Waals surface area (Å²) in [5.74, 6) is 2.76. The lowest BCUT2D eigenvalue weighted by Crippen LogP contribution is -2.21. The normalized spacial score (nSPS) is 21.6. The fourth-order valence-corrected chi connectivity index (χ4v) is 2.97. The van der Waals surface area contributed by atoms with Crippen molar-refractivity contribution < 1.29 is 0 Å². The Kier molecular flexibility index (Phi) is 7.61. The lowest BCUT2D eigenvalue weighted by Gasteiger charge is -2.08. The quantitative estimate of drug-likeness (QED) is 0.623. The first-order valence-corrected chi connectivity index (χ1v) is 7.40. The van der Waals surface area contributed by atoms with E-state index >= 15 is 0 Å². The third-order valence-electron chi connectivity index (χ3n) is 2.90. The van der Waals surface area contributed by atoms with E-state index in [0.29, 0.717) is 0 Å². The predicted octanol–water partition coefficient (Wildman–Crippen LogP) is 3.44. The molecule has 0 aromatic carbocycles. The second kappa shape index (κ2) is 8.60. The molecule has 0 radical (unpaired) electrons. The maximum atomic E-state index is 3.56. The van der Waals surface area contributed by atoms with E-state index < -0.39 is 0 Å². The number of hydrogen-bond donors (Lipinski definition) is 1. The molecule has 14 heavy (non-hydrogen) atoms. The fourth-order valence-electron chi connectivity index (χ4n) is 1.99. The lowest BCUT2D eigenvalue weighted by atomic mass is 10.1. The van der Waals surface area contributed by atoms with Gasteiger partial charge in [-0.25, -0.2) is 0 Å². The molecule has 2 heteroatoms. The Labute approximate surface area is 93.4 Å². The number of nitrogens with one attached hydrogen (secondary N) is 1. The number of hydrogen-bond acceptors (Lipinski definition) is 2. The van der Waals surface area contributed by atoms with Gasteiger partial charge in [0.1, 0.15) is 0 Å². The van der Waals surface area contributed by atoms with Gasteiger partial charge in [-0.2, -0.15) is 11.8 Å². The van der Waals surface area contributed by atoms with Crippen LogP contribution in [0, 0.1) is 0 Å². The first-order valence-electron chi connectivity index (χ1n) is 6.24. The molecule has 1 N–H and O–H groups in total. The van der Waals surface area contributed by atoms with Crippen LogP contribution in [0.1, 0.15) is 51.9 Å². The monoisotopic (exact) mass is 215 g/mol. The Hall–Kier alpha value is 0.310. The molecule has 0 aromatic rings. The van der Waals surface area contributed by atoms with Crippen LogP contribution >= 0.6 is 11.8 Å². The molecule has 1 rings (SSSR count). The standard InChI is InChI=1S/C12H25NS/c1-2-3-4-10-14-11-6-8-12-7-5-9-13-12/h12-13H,2-11H2,1H3. The molecule has 84 valence electrons. The molecular weight excluding hydrogens is 190 g/mol. The molecule has 0 saturated carbocycles. The van der Waals surface area contributed by atoms with E-state index in [0.717, 1.165) is 6.04 Å². The minimum absolute atomic E-state index is 0.853. The highest BCUT2D eigenvalue weighted by Crippen LogP contribution is 2.14. The average Bonchev–Trinajstić information content (AvgIpc) is 2.69. The van der Waals surface area contributed by atoms with E-state index in [1.54, 1.807) is 0 Å². The summed E-state index contributed by atoms with van der Waals surface area (Å²) in [6.07, 6.45) is 9.82. The maximum absolute atomic E-state index is 3.56. The summed E-state index contributed by atoms with van der Waals surface area (Å²) in [7, 11) is 0. The summed E-state index contributed by atoms with van der Waals surface area (Å²) in [4.78, 5) is 0. The van der Waals surface area contributed by atoms with Crippen molar-refractivity contribution in [2.75, 3.05) is 18.1 Å². The molecule has 1 atom stereocenters. The van der Waals surface area contributed by atoms with Crippen LogP contribution in [0.25, 0.3) is 0 Å². The molecule has 1 heterocycles. The molecular formula is C12H25NS. The van der Waals surface area contributed by atoms with Gasteiger partial charge in [-0.3, -0.25) is 0 Å². The number of unbranched alkanes of at least 4 members (excludes halogenated alkanes) is 2. The Morgan fingerprint density at radius 2 is 2.07 bits per heavy atom. The Bertz CT molecular complexity index is 121. The van der Waals surface area contributed by atoms with Gasteiger partial charge in [-0.05, 0) is 50.2 Å². The van der Waals surface area contributed by atoms with Gasteiger partial charge in [0, 0.05) is 6.04 Å². The van der Waals surface area contributed by atoms with Crippen LogP contribution < -0.4 is 5.32 Å². The highest BCUT2D eigenvalue weighted by Gasteiger charge is 2.12. The van der Waals surface area contributed by atoms with Gasteiger partial charge in [0.25, 0.3) is 0 Å². The molecule has 1 unspecified atom stereocenters. The third kappa shape index (κ3) is 5.92. The molecule has 1 fully saturated rings. The van der Waals surface area contributed by atoms with Crippen LogP contribution in [-0.4, -0.2) is 24.1 Å². The topological polar surface area (TPSA) is 12.0 Å². The zero-order chi connectivity index (χ0) is 10.1. The number of thioether (sulfide) groups is 1. The molecule has 0 aromatic heterocycles. The summed E-state index contributed by atoms with van der Waals surface area (Å²) >= 11 is 2.15. The second-order valence-corrected chi connectivity index (χ2v) is 5.48. The van der Waals surface area contributed by atoms with Gasteiger partial charge in [0.05, 0.1) is 0 Å². The molecule has 0 bridgehead atoms. The van der Waals surface area contributed by atoms with Gasteiger partial charge >= 0.3 is 0 Å². The van der Waals surface area contributed by atoms with Gasteiger partial charge in [0.2, 0.25) is 0 Å². The van der Waals surface area contributed by atoms with Crippen LogP contribution in [0.15, 0.2) is 0 Å². The van der Waals surface area contributed by atoms with E-state index in [1.165, 1.54) is 63.0 Å². The average molecular weight is 215 g/mol. The molecule has 0 amide bonds. The zero-order valence-electron chi connectivity index (χ0n) is 9.56. The van der Waals surface area contributed by atoms with E-state index in [4.69, 9.17) is 0 Å². The van der Waals surface area contributed by atoms with Gasteiger partial charge < -0.3 is 5.32 Å². The zero-order valence-corrected chi connectivity index (χ0v) is 10.4. The first kappa shape index (κ1) is 12.4. The van der Waals surface area contributed by atoms with Gasteiger partial charge in [-0.15, -0.1) is 0 Å². The van der Waals surface area contributed by atoms with E-state index in [2.05, 4.69) is 24.0 Å². The van der Waals surface area contributed by atoms with E-state index in [-0.39, 0.29) is 0 Å². The van der Waals surface area contributed by atoms with Crippen LogP contribution in [0.2, 0.25) is 0 Å². The van der Waals surface area contributed by atoms with Gasteiger partial charge in [0.15, 0.2) is 0 Å². The van der Waals surface area contributed by atoms with Gasteiger partial charge in [-0.1, -0.05) is 19.8 Å². The summed E-state index contributed by atoms with van der Waals surface area (Å²) in [6, 6.07) is 0.853. The van der Waals surface area contributed by atoms with Crippen LogP contribution in [-0.2, 0) is 0 Å². The van der Waals surface area contributed by atoms with Crippen molar-refractivity contribution in [1.82, 2.24) is 5.32 Å². The largest absolute Gasteiger partial charge is 0.314 e. The Morgan fingerprint density at radius 1 is 1.21 bits per heavy atom. The van der Waals surface area contributed by atoms with Crippen molar-refractivity contribution >= 4 is 11.8 Å². The first-order chi connectivity index (χ1) is 6.93. The third-order valence-corrected chi connectivity index (χ3v) is 4.05. The van der Waals surface area contributed by atoms with Crippen molar-refractivity contribution in [3.63, 3.8) is 0 Å². The van der Waals surface area contributed by atoms with Crippen LogP contribution in [0.5, 0.6) is 0 Å². The minimum Gasteiger partial charge on any atom is -0.314 e. The van der Waals surface area contributed by atoms with Crippen LogP contribution in [0.3, 0.4) is 0 Å². The highest BCUT2D eigenvalue weighted by molar-refractivity contribution is 7.99. The molecule has 1 aliphatic heterocycles. The molecule has 0 spiro atoms. The van der Waals surface area contributed by atoms with Crippen molar-refractivity contribution in [3.8, 4) is 0 Å². The lowest BCUT2D eigenvalue weighted by molar-refractivity contribution is 0.553. The van der Waals surface area contributed by atoms with Crippen molar-refractivity contribution in [3.05, 3.63) is 0 Å². The SMILES string of the molecule is CCCCCSCCCC1CCCN1. The fraction of sp³-hybridized carbons (Fsp3) is 1.00. The minimum atomic E-state index is 0.853. The van der Waals surface area contributed by atoms with Crippen molar-refractivity contribution in [2.24, 2.45) is 0 Å². The highest BCUT2D eigenvalue weighted by atomic mass is 32.2. The van der Waals surface area contributed by atoms with E-state index in [9.17, 15) is 0 Å². The van der Waals surface area contributed by atoms with E-state index in [1.807, 2.05) is 0 Å². The Morgan fingerprint density at radius 3 is 2.79 bits per heavy atom. The summed E-state index contributed by atoms with van der Waals surface area (Å²) in [5.41, 5.74) is 0. The number of rotatable bonds is 8.